The van der Waals surface area contributed by atoms with Crippen molar-refractivity contribution in [1.82, 2.24) is 5.32 Å². The van der Waals surface area contributed by atoms with Crippen molar-refractivity contribution in [3.05, 3.63) is 35.1 Å². The Bertz CT molecular complexity index is 388. The van der Waals surface area contributed by atoms with Gasteiger partial charge in [0.1, 0.15) is 5.82 Å². The van der Waals surface area contributed by atoms with Crippen LogP contribution in [0.4, 0.5) is 4.39 Å². The molecule has 1 saturated heterocycles. The van der Waals surface area contributed by atoms with Gasteiger partial charge in [0.15, 0.2) is 0 Å². The number of hydrogen-bond acceptors (Lipinski definition) is 2. The minimum Gasteiger partial charge on any atom is -0.381 e. The molecule has 0 saturated carbocycles. The van der Waals surface area contributed by atoms with Crippen molar-refractivity contribution < 1.29 is 9.13 Å². The molecular weight excluding hydrogens is 229 g/mol. The number of hydrogen-bond donors (Lipinski definition) is 1. The number of nitrogens with one attached hydrogen (secondary N) is 1. The van der Waals surface area contributed by atoms with Gasteiger partial charge < -0.3 is 10.1 Å². The summed E-state index contributed by atoms with van der Waals surface area (Å²) >= 11 is 0. The maximum atomic E-state index is 13.4. The van der Waals surface area contributed by atoms with Gasteiger partial charge in [-0.15, -0.1) is 0 Å². The summed E-state index contributed by atoms with van der Waals surface area (Å²) in [5.74, 6) is 0.557. The molecule has 1 heterocycles. The molecule has 2 rings (SSSR count). The number of ether oxygens (including phenoxy) is 1. The highest BCUT2D eigenvalue weighted by atomic mass is 19.1. The van der Waals surface area contributed by atoms with Gasteiger partial charge in [0.25, 0.3) is 0 Å². The third-order valence-electron chi connectivity index (χ3n) is 3.84. The van der Waals surface area contributed by atoms with Crippen LogP contribution in [0.1, 0.15) is 30.9 Å². The highest BCUT2D eigenvalue weighted by molar-refractivity contribution is 5.23. The minimum atomic E-state index is -0.118. The van der Waals surface area contributed by atoms with Crippen molar-refractivity contribution >= 4 is 0 Å². The molecule has 0 aliphatic carbocycles. The average Bonchev–Trinajstić information content (AvgIpc) is 2.41. The van der Waals surface area contributed by atoms with E-state index in [-0.39, 0.29) is 5.82 Å². The Morgan fingerprint density at radius 2 is 2.11 bits per heavy atom. The van der Waals surface area contributed by atoms with Crippen molar-refractivity contribution in [1.29, 1.82) is 0 Å². The SMILES string of the molecule is Cc1ccc(CNC(C)C2CCOCC2)cc1F. The van der Waals surface area contributed by atoms with Crippen LogP contribution < -0.4 is 5.32 Å². The molecule has 0 bridgehead atoms. The van der Waals surface area contributed by atoms with E-state index in [1.807, 2.05) is 12.1 Å². The quantitative estimate of drug-likeness (QED) is 0.888. The van der Waals surface area contributed by atoms with Crippen molar-refractivity contribution in [3.63, 3.8) is 0 Å². The van der Waals surface area contributed by atoms with Gasteiger partial charge in [-0.25, -0.2) is 4.39 Å². The molecule has 1 aliphatic rings. The Hall–Kier alpha value is -0.930. The van der Waals surface area contributed by atoms with E-state index in [0.717, 1.165) is 38.2 Å². The van der Waals surface area contributed by atoms with E-state index in [1.54, 1.807) is 13.0 Å². The van der Waals surface area contributed by atoms with Crippen LogP contribution >= 0.6 is 0 Å². The van der Waals surface area contributed by atoms with E-state index in [2.05, 4.69) is 12.2 Å². The van der Waals surface area contributed by atoms with Crippen LogP contribution in [0.3, 0.4) is 0 Å². The summed E-state index contributed by atoms with van der Waals surface area (Å²) in [6, 6.07) is 5.91. The van der Waals surface area contributed by atoms with E-state index in [0.29, 0.717) is 17.5 Å². The van der Waals surface area contributed by atoms with Crippen molar-refractivity contribution in [2.24, 2.45) is 5.92 Å². The molecule has 18 heavy (non-hydrogen) atoms. The fourth-order valence-corrected chi connectivity index (χ4v) is 2.41. The lowest BCUT2D eigenvalue weighted by atomic mass is 9.93. The standard InChI is InChI=1S/C15H22FNO/c1-11-3-4-13(9-15(11)16)10-17-12(2)14-5-7-18-8-6-14/h3-4,9,12,14,17H,5-8,10H2,1-2H3. The average molecular weight is 251 g/mol. The molecule has 100 valence electrons. The fraction of sp³-hybridized carbons (Fsp3) is 0.600. The highest BCUT2D eigenvalue weighted by Crippen LogP contribution is 2.19. The van der Waals surface area contributed by atoms with E-state index in [1.165, 1.54) is 0 Å². The maximum Gasteiger partial charge on any atom is 0.126 e. The van der Waals surface area contributed by atoms with Gasteiger partial charge in [-0.05, 0) is 49.8 Å². The zero-order valence-electron chi connectivity index (χ0n) is 11.2. The first-order chi connectivity index (χ1) is 8.66. The second-order valence-electron chi connectivity index (χ2n) is 5.20. The van der Waals surface area contributed by atoms with Gasteiger partial charge in [-0.3, -0.25) is 0 Å². The zero-order valence-corrected chi connectivity index (χ0v) is 11.2. The van der Waals surface area contributed by atoms with Crippen LogP contribution in [0.5, 0.6) is 0 Å². The molecular formula is C15H22FNO. The first-order valence-electron chi connectivity index (χ1n) is 6.73. The van der Waals surface area contributed by atoms with Crippen LogP contribution in [-0.2, 0) is 11.3 Å². The van der Waals surface area contributed by atoms with E-state index >= 15 is 0 Å². The Balaban J connectivity index is 1.84. The second-order valence-corrected chi connectivity index (χ2v) is 5.20. The fourth-order valence-electron chi connectivity index (χ4n) is 2.41. The molecule has 0 aromatic heterocycles. The van der Waals surface area contributed by atoms with Gasteiger partial charge in [0.05, 0.1) is 0 Å². The lowest BCUT2D eigenvalue weighted by Gasteiger charge is -2.28. The lowest BCUT2D eigenvalue weighted by molar-refractivity contribution is 0.0558. The minimum absolute atomic E-state index is 0.118. The predicted octanol–water partition coefficient (Wildman–Crippen LogP) is 3.04. The van der Waals surface area contributed by atoms with E-state index in [9.17, 15) is 4.39 Å². The van der Waals surface area contributed by atoms with Gasteiger partial charge in [0.2, 0.25) is 0 Å². The number of aryl methyl sites for hydroxylation is 1. The summed E-state index contributed by atoms with van der Waals surface area (Å²) in [4.78, 5) is 0. The topological polar surface area (TPSA) is 21.3 Å². The molecule has 0 amide bonds. The molecule has 1 N–H and O–H groups in total. The first-order valence-corrected chi connectivity index (χ1v) is 6.73. The Labute approximate surface area is 109 Å². The summed E-state index contributed by atoms with van der Waals surface area (Å²) in [6.45, 7) is 6.47. The number of halogens is 1. The van der Waals surface area contributed by atoms with Gasteiger partial charge in [-0.2, -0.15) is 0 Å². The smallest absolute Gasteiger partial charge is 0.126 e. The molecule has 0 radical (unpaired) electrons. The zero-order chi connectivity index (χ0) is 13.0. The van der Waals surface area contributed by atoms with E-state index < -0.39 is 0 Å². The van der Waals surface area contributed by atoms with Crippen LogP contribution in [0.25, 0.3) is 0 Å². The largest absolute Gasteiger partial charge is 0.381 e. The Morgan fingerprint density at radius 3 is 2.78 bits per heavy atom. The summed E-state index contributed by atoms with van der Waals surface area (Å²) < 4.78 is 18.8. The van der Waals surface area contributed by atoms with Crippen LogP contribution in [0.15, 0.2) is 18.2 Å². The third-order valence-corrected chi connectivity index (χ3v) is 3.84. The van der Waals surface area contributed by atoms with Crippen LogP contribution in [0.2, 0.25) is 0 Å². The molecule has 1 atom stereocenters. The third kappa shape index (κ3) is 3.53. The Kier molecular flexibility index (Phi) is 4.72. The normalized spacial score (nSPS) is 18.8. The maximum absolute atomic E-state index is 13.4. The second kappa shape index (κ2) is 6.30. The molecule has 1 aliphatic heterocycles. The highest BCUT2D eigenvalue weighted by Gasteiger charge is 2.19. The predicted molar refractivity (Wildman–Crippen MR) is 71.0 cm³/mol. The summed E-state index contributed by atoms with van der Waals surface area (Å²) in [6.07, 6.45) is 2.24. The van der Waals surface area contributed by atoms with Crippen LogP contribution in [-0.4, -0.2) is 19.3 Å². The molecule has 1 aromatic carbocycles. The molecule has 3 heteroatoms. The summed E-state index contributed by atoms with van der Waals surface area (Å²) in [5, 5.41) is 3.49. The number of rotatable bonds is 4. The van der Waals surface area contributed by atoms with Crippen molar-refractivity contribution in [2.45, 2.75) is 39.3 Å². The van der Waals surface area contributed by atoms with Gasteiger partial charge in [0, 0.05) is 25.8 Å². The van der Waals surface area contributed by atoms with Crippen molar-refractivity contribution in [3.8, 4) is 0 Å². The van der Waals surface area contributed by atoms with E-state index in [4.69, 9.17) is 4.74 Å². The molecule has 1 fully saturated rings. The monoisotopic (exact) mass is 251 g/mol. The van der Waals surface area contributed by atoms with Gasteiger partial charge >= 0.3 is 0 Å². The number of benzene rings is 1. The van der Waals surface area contributed by atoms with Gasteiger partial charge in [-0.1, -0.05) is 12.1 Å². The Morgan fingerprint density at radius 1 is 1.39 bits per heavy atom. The molecule has 1 unspecified atom stereocenters. The summed E-state index contributed by atoms with van der Waals surface area (Å²) in [7, 11) is 0. The lowest BCUT2D eigenvalue weighted by Crippen LogP contribution is -2.36. The molecule has 2 nitrogen and oxygen atoms in total. The molecule has 1 aromatic rings. The summed E-state index contributed by atoms with van der Waals surface area (Å²) in [5.41, 5.74) is 1.72. The van der Waals surface area contributed by atoms with Crippen LogP contribution in [0, 0.1) is 18.7 Å². The van der Waals surface area contributed by atoms with Crippen molar-refractivity contribution in [2.75, 3.05) is 13.2 Å². The first kappa shape index (κ1) is 13.5. The molecule has 0 spiro atoms.